The van der Waals surface area contributed by atoms with E-state index in [2.05, 4.69) is 100 Å². The third-order valence-corrected chi connectivity index (χ3v) is 12.4. The number of benzene rings is 8. The van der Waals surface area contributed by atoms with E-state index < -0.39 is 0 Å². The van der Waals surface area contributed by atoms with E-state index in [0.29, 0.717) is 0 Å². The summed E-state index contributed by atoms with van der Waals surface area (Å²) in [4.78, 5) is 0. The summed E-state index contributed by atoms with van der Waals surface area (Å²) in [6.45, 7) is 8.98. The summed E-state index contributed by atoms with van der Waals surface area (Å²) in [5, 5.41) is 8.06. The molecule has 8 aromatic rings. The van der Waals surface area contributed by atoms with Gasteiger partial charge in [-0.2, -0.15) is 0 Å². The fraction of sp³-hybridized carbons (Fsp3) is 0.130. The Kier molecular flexibility index (Phi) is 5.26. The van der Waals surface area contributed by atoms with Crippen molar-refractivity contribution in [1.82, 2.24) is 0 Å². The van der Waals surface area contributed by atoms with E-state index in [1.807, 2.05) is 12.1 Å². The molecule has 0 fully saturated rings. The van der Waals surface area contributed by atoms with Gasteiger partial charge in [-0.05, 0) is 151 Å². The Morgan fingerprint density at radius 3 is 1.56 bits per heavy atom. The molecule has 8 aromatic carbocycles. The Bertz CT molecular complexity index is 3000. The molecule has 0 aliphatic carbocycles. The van der Waals surface area contributed by atoms with Crippen molar-refractivity contribution in [2.45, 2.75) is 27.7 Å². The van der Waals surface area contributed by atoms with Crippen molar-refractivity contribution >= 4 is 78.5 Å². The number of rotatable bonds is 2. The van der Waals surface area contributed by atoms with Gasteiger partial charge in [0.15, 0.2) is 0 Å². The molecule has 0 unspecified atom stereocenters. The lowest BCUT2D eigenvalue weighted by Gasteiger charge is -2.37. The minimum Gasteiger partial charge on any atom is -0.497 e. The molecule has 0 saturated carbocycles. The van der Waals surface area contributed by atoms with E-state index in [1.165, 1.54) is 104 Å². The van der Waals surface area contributed by atoms with Crippen molar-refractivity contribution in [3.05, 3.63) is 107 Å². The van der Waals surface area contributed by atoms with Crippen molar-refractivity contribution in [1.29, 1.82) is 0 Å². The Labute approximate surface area is 302 Å². The molecule has 0 N–H and O–H groups in total. The average Bonchev–Trinajstić information content (AvgIpc) is 3.14. The maximum Gasteiger partial charge on any atom is 0.252 e. The zero-order valence-electron chi connectivity index (χ0n) is 29.9. The fourth-order valence-electron chi connectivity index (χ4n) is 10.3. The number of aryl methyl sites for hydroxylation is 4. The standard InChI is InChI=1S/C46H32B2O4/c1-21-7-9-33-37(12-21)51-39-13-22(2)11-31-29-14-23(3)27-20-36-42-30(15-24(4)28-19-35(47(33)45(31)39)41(29)43(27)44(28)42)32-16-26(50-6)18-40-46(32)48(36)34-10-8-25(49-5)17-38(34)52-40/h7-20H,1-6H3. The third kappa shape index (κ3) is 3.37. The van der Waals surface area contributed by atoms with E-state index in [4.69, 9.17) is 18.9 Å². The molecule has 0 saturated heterocycles. The van der Waals surface area contributed by atoms with Crippen LogP contribution in [0, 0.1) is 27.7 Å². The van der Waals surface area contributed by atoms with Gasteiger partial charge < -0.3 is 18.9 Å². The van der Waals surface area contributed by atoms with Crippen molar-refractivity contribution in [3.63, 3.8) is 0 Å². The summed E-state index contributed by atoms with van der Waals surface area (Å²) < 4.78 is 25.0. The van der Waals surface area contributed by atoms with Gasteiger partial charge in [-0.15, -0.1) is 0 Å². The first-order valence-electron chi connectivity index (χ1n) is 18.1. The van der Waals surface area contributed by atoms with Crippen LogP contribution in [0.1, 0.15) is 22.3 Å². The molecular weight excluding hydrogens is 638 g/mol. The molecule has 4 nitrogen and oxygen atoms in total. The topological polar surface area (TPSA) is 36.9 Å². The van der Waals surface area contributed by atoms with E-state index >= 15 is 0 Å². The second-order valence-corrected chi connectivity index (χ2v) is 15.3. The van der Waals surface area contributed by atoms with Crippen molar-refractivity contribution in [2.24, 2.45) is 0 Å². The van der Waals surface area contributed by atoms with Crippen molar-refractivity contribution < 1.29 is 18.9 Å². The van der Waals surface area contributed by atoms with Crippen LogP contribution in [-0.2, 0) is 0 Å². The summed E-state index contributed by atoms with van der Waals surface area (Å²) in [5.41, 5.74) is 17.6. The van der Waals surface area contributed by atoms with Crippen LogP contribution in [0.15, 0.2) is 84.9 Å². The maximum atomic E-state index is 6.74. The number of hydrogen-bond donors (Lipinski definition) is 0. The van der Waals surface area contributed by atoms with Crippen LogP contribution >= 0.6 is 0 Å². The highest BCUT2D eigenvalue weighted by molar-refractivity contribution is 7.01. The van der Waals surface area contributed by atoms with Crippen LogP contribution in [0.5, 0.6) is 34.5 Å². The van der Waals surface area contributed by atoms with E-state index in [0.717, 1.165) is 40.0 Å². The maximum absolute atomic E-state index is 6.74. The molecule has 0 bridgehead atoms. The first-order chi connectivity index (χ1) is 25.3. The predicted octanol–water partition coefficient (Wildman–Crippen LogP) is 7.04. The fourth-order valence-corrected chi connectivity index (χ4v) is 10.3. The lowest BCUT2D eigenvalue weighted by atomic mass is 9.32. The molecule has 6 heteroatoms. The normalized spacial score (nSPS) is 13.8. The van der Waals surface area contributed by atoms with Crippen LogP contribution in [0.25, 0.3) is 54.6 Å². The molecule has 246 valence electrons. The quantitative estimate of drug-likeness (QED) is 0.146. The van der Waals surface area contributed by atoms with Gasteiger partial charge in [-0.3, -0.25) is 0 Å². The minimum atomic E-state index is -0.00429. The monoisotopic (exact) mass is 670 g/mol. The molecule has 52 heavy (non-hydrogen) atoms. The van der Waals surface area contributed by atoms with E-state index in [-0.39, 0.29) is 13.4 Å². The first kappa shape index (κ1) is 28.8. The Morgan fingerprint density at radius 1 is 0.423 bits per heavy atom. The van der Waals surface area contributed by atoms with Crippen LogP contribution in [0.3, 0.4) is 0 Å². The minimum absolute atomic E-state index is 0.00429. The van der Waals surface area contributed by atoms with Crippen LogP contribution in [-0.4, -0.2) is 27.6 Å². The summed E-state index contributed by atoms with van der Waals surface area (Å²) in [5.74, 6) is 5.18. The zero-order chi connectivity index (χ0) is 34.9. The van der Waals surface area contributed by atoms with E-state index in [1.54, 1.807) is 14.2 Å². The van der Waals surface area contributed by atoms with Crippen LogP contribution in [0.4, 0.5) is 0 Å². The highest BCUT2D eigenvalue weighted by Crippen LogP contribution is 2.48. The molecule has 0 aromatic heterocycles. The number of methoxy groups -OCH3 is 2. The molecule has 0 spiro atoms. The van der Waals surface area contributed by atoms with Gasteiger partial charge in [-0.25, -0.2) is 0 Å². The Balaban J connectivity index is 1.28. The van der Waals surface area contributed by atoms with Gasteiger partial charge >= 0.3 is 0 Å². The highest BCUT2D eigenvalue weighted by atomic mass is 16.5. The van der Waals surface area contributed by atoms with Crippen molar-refractivity contribution in [2.75, 3.05) is 14.2 Å². The molecule has 4 aliphatic heterocycles. The molecule has 0 amide bonds. The molecule has 0 atom stereocenters. The molecule has 4 aliphatic rings. The van der Waals surface area contributed by atoms with Gasteiger partial charge in [0.1, 0.15) is 34.5 Å². The van der Waals surface area contributed by atoms with Crippen LogP contribution < -0.4 is 51.7 Å². The number of ether oxygens (including phenoxy) is 4. The second kappa shape index (κ2) is 9.51. The van der Waals surface area contributed by atoms with Crippen molar-refractivity contribution in [3.8, 4) is 56.8 Å². The lowest BCUT2D eigenvalue weighted by Crippen LogP contribution is -2.58. The second-order valence-electron chi connectivity index (χ2n) is 15.3. The molecule has 0 radical (unpaired) electrons. The average molecular weight is 670 g/mol. The summed E-state index contributed by atoms with van der Waals surface area (Å²) in [7, 11) is 3.44. The largest absolute Gasteiger partial charge is 0.497 e. The Hall–Kier alpha value is -5.87. The van der Waals surface area contributed by atoms with Crippen LogP contribution in [0.2, 0.25) is 0 Å². The SMILES string of the molecule is COc1ccc2c(c1)Oc1cc(OC)cc3c1B2c1cc2c(C)cc4c5c(cc6c(C)cc-3c1c6c25)B1c2ccc(C)cc2Oc2cc(C)cc-4c21. The van der Waals surface area contributed by atoms with Gasteiger partial charge in [0.25, 0.3) is 13.4 Å². The van der Waals surface area contributed by atoms with Gasteiger partial charge in [0.2, 0.25) is 0 Å². The van der Waals surface area contributed by atoms with Gasteiger partial charge in [0, 0.05) is 12.1 Å². The van der Waals surface area contributed by atoms with Gasteiger partial charge in [-0.1, -0.05) is 59.5 Å². The Morgan fingerprint density at radius 2 is 0.942 bits per heavy atom. The smallest absolute Gasteiger partial charge is 0.252 e. The van der Waals surface area contributed by atoms with Gasteiger partial charge in [0.05, 0.1) is 14.2 Å². The predicted molar refractivity (Wildman–Crippen MR) is 215 cm³/mol. The zero-order valence-corrected chi connectivity index (χ0v) is 29.9. The number of hydrogen-bond acceptors (Lipinski definition) is 4. The molecule has 12 rings (SSSR count). The lowest BCUT2D eigenvalue weighted by molar-refractivity contribution is 0.405. The first-order valence-corrected chi connectivity index (χ1v) is 18.1. The summed E-state index contributed by atoms with van der Waals surface area (Å²) in [6, 6.07) is 31.8. The molecule has 4 heterocycles. The highest BCUT2D eigenvalue weighted by Gasteiger charge is 2.44. The van der Waals surface area contributed by atoms with E-state index in [9.17, 15) is 0 Å². The number of fused-ring (bicyclic) bond motifs is 8. The summed E-state index contributed by atoms with van der Waals surface area (Å²) in [6.07, 6.45) is 0. The third-order valence-electron chi connectivity index (χ3n) is 12.4. The molecular formula is C46H32B2O4. The summed E-state index contributed by atoms with van der Waals surface area (Å²) >= 11 is 0.